The normalized spacial score (nSPS) is 16.7. The van der Waals surface area contributed by atoms with E-state index in [1.54, 1.807) is 0 Å². The zero-order valence-corrected chi connectivity index (χ0v) is 7.86. The minimum absolute atomic E-state index is 0.0289. The van der Waals surface area contributed by atoms with Gasteiger partial charge >= 0.3 is 5.97 Å². The van der Waals surface area contributed by atoms with Crippen LogP contribution in [0.1, 0.15) is 32.1 Å². The van der Waals surface area contributed by atoms with Crippen molar-refractivity contribution >= 4 is 12.4 Å². The first kappa shape index (κ1) is 11.9. The number of aliphatic carboxylic acids is 1. The minimum atomic E-state index is -0.602. The maximum absolute atomic E-state index is 10.4. The van der Waals surface area contributed by atoms with Crippen molar-refractivity contribution in [3.8, 4) is 0 Å². The molecule has 0 heterocycles. The summed E-state index contributed by atoms with van der Waals surface area (Å²) in [5, 5.41) is 8.54. The number of carboxylic acid groups (broad SMARTS) is 1. The molecule has 4 nitrogen and oxygen atoms in total. The summed E-state index contributed by atoms with van der Waals surface area (Å²) >= 11 is 0. The monoisotopic (exact) mass is 188 g/mol. The van der Waals surface area contributed by atoms with E-state index in [0.29, 0.717) is 6.47 Å². The van der Waals surface area contributed by atoms with Crippen molar-refractivity contribution in [3.05, 3.63) is 0 Å². The van der Waals surface area contributed by atoms with Crippen molar-refractivity contribution in [1.82, 2.24) is 0 Å². The van der Waals surface area contributed by atoms with Crippen molar-refractivity contribution in [2.45, 2.75) is 32.1 Å². The number of carbonyl (C=O) groups excluding carboxylic acids is 1. The average molecular weight is 188 g/mol. The Morgan fingerprint density at radius 1 is 1.38 bits per heavy atom. The predicted octanol–water partition coefficient (Wildman–Crippen LogP) is 1.44. The molecular weight excluding hydrogens is 172 g/mol. The first-order valence-corrected chi connectivity index (χ1v) is 4.41. The summed E-state index contributed by atoms with van der Waals surface area (Å²) in [7, 11) is 1.31. The second-order valence-corrected chi connectivity index (χ2v) is 3.01. The van der Waals surface area contributed by atoms with E-state index < -0.39 is 5.97 Å². The highest BCUT2D eigenvalue weighted by Crippen LogP contribution is 2.23. The van der Waals surface area contributed by atoms with Crippen LogP contribution in [-0.4, -0.2) is 24.7 Å². The van der Waals surface area contributed by atoms with E-state index >= 15 is 0 Å². The summed E-state index contributed by atoms with van der Waals surface area (Å²) in [5.74, 6) is -0.631. The fraction of sp³-hybridized carbons (Fsp3) is 0.778. The van der Waals surface area contributed by atoms with Crippen LogP contribution in [0.2, 0.25) is 0 Å². The van der Waals surface area contributed by atoms with Crippen molar-refractivity contribution in [2.24, 2.45) is 5.92 Å². The lowest BCUT2D eigenvalue weighted by Crippen LogP contribution is -2.16. The Balaban J connectivity index is 0.000000310. The molecule has 1 fully saturated rings. The summed E-state index contributed by atoms with van der Waals surface area (Å²) in [6.45, 7) is 0.375. The zero-order chi connectivity index (χ0) is 10.1. The van der Waals surface area contributed by atoms with Gasteiger partial charge in [0.1, 0.15) is 0 Å². The van der Waals surface area contributed by atoms with E-state index in [0.717, 1.165) is 25.7 Å². The minimum Gasteiger partial charge on any atom is -0.481 e. The van der Waals surface area contributed by atoms with Crippen LogP contribution in [0.5, 0.6) is 0 Å². The molecule has 1 rings (SSSR count). The van der Waals surface area contributed by atoms with Crippen LogP contribution >= 0.6 is 0 Å². The molecule has 0 aromatic carbocycles. The summed E-state index contributed by atoms with van der Waals surface area (Å²) in [5.41, 5.74) is 0. The third-order valence-electron chi connectivity index (χ3n) is 2.05. The van der Waals surface area contributed by atoms with E-state index in [-0.39, 0.29) is 5.92 Å². The molecule has 4 heteroatoms. The van der Waals surface area contributed by atoms with Crippen LogP contribution in [0.4, 0.5) is 0 Å². The van der Waals surface area contributed by atoms with Gasteiger partial charge in [-0.25, -0.2) is 0 Å². The molecule has 0 amide bonds. The number of hydrogen-bond acceptors (Lipinski definition) is 3. The van der Waals surface area contributed by atoms with E-state index in [4.69, 9.17) is 9.90 Å². The van der Waals surface area contributed by atoms with Crippen molar-refractivity contribution in [3.63, 3.8) is 0 Å². The first-order valence-electron chi connectivity index (χ1n) is 4.41. The van der Waals surface area contributed by atoms with Crippen LogP contribution in [0, 0.1) is 5.92 Å². The molecule has 0 spiro atoms. The number of ether oxygens (including phenoxy) is 1. The Bertz CT molecular complexity index is 150. The fourth-order valence-corrected chi connectivity index (χ4v) is 1.35. The van der Waals surface area contributed by atoms with Gasteiger partial charge in [-0.1, -0.05) is 19.3 Å². The highest BCUT2D eigenvalue weighted by atomic mass is 16.5. The maximum Gasteiger partial charge on any atom is 0.306 e. The van der Waals surface area contributed by atoms with E-state index in [1.807, 2.05) is 0 Å². The van der Waals surface area contributed by atoms with Crippen LogP contribution in [0.3, 0.4) is 0 Å². The Morgan fingerprint density at radius 2 is 1.85 bits per heavy atom. The summed E-state index contributed by atoms with van der Waals surface area (Å²) in [6.07, 6.45) is 5.24. The molecule has 1 aliphatic rings. The van der Waals surface area contributed by atoms with Gasteiger partial charge in [0.2, 0.25) is 0 Å². The number of carbonyl (C=O) groups is 2. The Kier molecular flexibility index (Phi) is 6.96. The van der Waals surface area contributed by atoms with Crippen molar-refractivity contribution < 1.29 is 19.4 Å². The quantitative estimate of drug-likeness (QED) is 0.666. The smallest absolute Gasteiger partial charge is 0.306 e. The lowest BCUT2D eigenvalue weighted by Gasteiger charge is -2.16. The van der Waals surface area contributed by atoms with Crippen molar-refractivity contribution in [2.75, 3.05) is 7.11 Å². The largest absolute Gasteiger partial charge is 0.481 e. The van der Waals surface area contributed by atoms with E-state index in [2.05, 4.69) is 4.74 Å². The molecule has 1 N–H and O–H groups in total. The second kappa shape index (κ2) is 7.58. The number of rotatable bonds is 2. The molecule has 13 heavy (non-hydrogen) atoms. The van der Waals surface area contributed by atoms with Gasteiger partial charge in [-0.05, 0) is 12.8 Å². The maximum atomic E-state index is 10.4. The molecule has 0 bridgehead atoms. The lowest BCUT2D eigenvalue weighted by molar-refractivity contribution is -0.142. The molecule has 1 aliphatic carbocycles. The molecule has 0 aromatic heterocycles. The molecule has 0 atom stereocenters. The SMILES string of the molecule is COC=O.O=C(O)C1CCCCC1. The molecule has 0 aromatic rings. The standard InChI is InChI=1S/C7H12O2.C2H4O2/c8-7(9)6-4-2-1-3-5-6;1-4-2-3/h6H,1-5H2,(H,8,9);2H,1H3. The first-order chi connectivity index (χ1) is 6.22. The number of methoxy groups -OCH3 is 1. The highest BCUT2D eigenvalue weighted by Gasteiger charge is 2.19. The third-order valence-corrected chi connectivity index (χ3v) is 2.05. The topological polar surface area (TPSA) is 63.6 Å². The molecule has 0 radical (unpaired) electrons. The summed E-state index contributed by atoms with van der Waals surface area (Å²) in [4.78, 5) is 19.3. The van der Waals surface area contributed by atoms with Crippen molar-refractivity contribution in [1.29, 1.82) is 0 Å². The van der Waals surface area contributed by atoms with Gasteiger partial charge in [0.05, 0.1) is 13.0 Å². The van der Waals surface area contributed by atoms with Gasteiger partial charge in [-0.3, -0.25) is 9.59 Å². The molecular formula is C9H16O4. The molecule has 0 saturated heterocycles. The molecule has 0 aliphatic heterocycles. The zero-order valence-electron chi connectivity index (χ0n) is 7.86. The van der Waals surface area contributed by atoms with Crippen LogP contribution in [-0.2, 0) is 14.3 Å². The van der Waals surface area contributed by atoms with Gasteiger partial charge in [-0.2, -0.15) is 0 Å². The molecule has 1 saturated carbocycles. The van der Waals surface area contributed by atoms with Gasteiger partial charge < -0.3 is 9.84 Å². The summed E-state index contributed by atoms with van der Waals surface area (Å²) in [6, 6.07) is 0. The Labute approximate surface area is 77.9 Å². The second-order valence-electron chi connectivity index (χ2n) is 3.01. The average Bonchev–Trinajstić information content (AvgIpc) is 2.19. The van der Waals surface area contributed by atoms with E-state index in [1.165, 1.54) is 13.5 Å². The Hall–Kier alpha value is -1.06. The van der Waals surface area contributed by atoms with Gasteiger partial charge in [0, 0.05) is 0 Å². The van der Waals surface area contributed by atoms with Crippen LogP contribution < -0.4 is 0 Å². The van der Waals surface area contributed by atoms with Crippen LogP contribution in [0.25, 0.3) is 0 Å². The lowest BCUT2D eigenvalue weighted by atomic mass is 9.90. The predicted molar refractivity (Wildman–Crippen MR) is 47.3 cm³/mol. The van der Waals surface area contributed by atoms with E-state index in [9.17, 15) is 4.79 Å². The Morgan fingerprint density at radius 3 is 2.08 bits per heavy atom. The van der Waals surface area contributed by atoms with Gasteiger partial charge in [-0.15, -0.1) is 0 Å². The summed E-state index contributed by atoms with van der Waals surface area (Å²) < 4.78 is 3.86. The number of carboxylic acids is 1. The number of hydrogen-bond donors (Lipinski definition) is 1. The fourth-order valence-electron chi connectivity index (χ4n) is 1.35. The van der Waals surface area contributed by atoms with Gasteiger partial charge in [0.15, 0.2) is 0 Å². The van der Waals surface area contributed by atoms with Gasteiger partial charge in [0.25, 0.3) is 6.47 Å². The molecule has 0 unspecified atom stereocenters. The van der Waals surface area contributed by atoms with Crippen LogP contribution in [0.15, 0.2) is 0 Å². The third kappa shape index (κ3) is 6.13. The molecule has 76 valence electrons. The highest BCUT2D eigenvalue weighted by molar-refractivity contribution is 5.69.